The molecular formula is C25H31BrN2O3S2. The number of fused-ring (bicyclic) bond motifs is 2. The second kappa shape index (κ2) is 10.5. The van der Waals surface area contributed by atoms with Gasteiger partial charge < -0.3 is 10.1 Å². The van der Waals surface area contributed by atoms with Gasteiger partial charge in [-0.15, -0.1) is 22.7 Å². The van der Waals surface area contributed by atoms with Gasteiger partial charge in [-0.2, -0.15) is 0 Å². The Kier molecular flexibility index (Phi) is 7.42. The van der Waals surface area contributed by atoms with E-state index in [4.69, 9.17) is 4.74 Å². The maximum atomic E-state index is 13.2. The fourth-order valence-corrected chi connectivity index (χ4v) is 8.72. The van der Waals surface area contributed by atoms with Gasteiger partial charge in [0.25, 0.3) is 0 Å². The summed E-state index contributed by atoms with van der Waals surface area (Å²) >= 11 is 7.05. The van der Waals surface area contributed by atoms with Crippen molar-refractivity contribution in [3.8, 4) is 0 Å². The van der Waals surface area contributed by atoms with Crippen LogP contribution in [0.15, 0.2) is 3.79 Å². The van der Waals surface area contributed by atoms with E-state index in [0.717, 1.165) is 73.6 Å². The predicted octanol–water partition coefficient (Wildman–Crippen LogP) is 7.14. The Morgan fingerprint density at radius 2 is 1.55 bits per heavy atom. The van der Waals surface area contributed by atoms with Crippen molar-refractivity contribution < 1.29 is 14.3 Å². The third-order valence-corrected chi connectivity index (χ3v) is 10.4. The van der Waals surface area contributed by atoms with Crippen LogP contribution < -0.4 is 10.6 Å². The average Bonchev–Trinajstić information content (AvgIpc) is 3.34. The van der Waals surface area contributed by atoms with E-state index in [0.29, 0.717) is 17.1 Å². The molecule has 5 nitrogen and oxygen atoms in total. The molecule has 33 heavy (non-hydrogen) atoms. The van der Waals surface area contributed by atoms with E-state index in [1.165, 1.54) is 40.1 Å². The fraction of sp³-hybridized carbons (Fsp3) is 0.600. The van der Waals surface area contributed by atoms with Crippen molar-refractivity contribution in [2.75, 3.05) is 5.32 Å². The summed E-state index contributed by atoms with van der Waals surface area (Å²) in [5.41, 5.74) is 4.30. The first-order chi connectivity index (χ1) is 16.1. The molecule has 0 aliphatic heterocycles. The minimum atomic E-state index is -0.261. The van der Waals surface area contributed by atoms with Gasteiger partial charge in [-0.3, -0.25) is 5.32 Å². The molecule has 1 fully saturated rings. The van der Waals surface area contributed by atoms with E-state index in [1.54, 1.807) is 22.7 Å². The molecule has 0 bridgehead atoms. The minimum Gasteiger partial charge on any atom is -0.459 e. The zero-order valence-electron chi connectivity index (χ0n) is 18.9. The second-order valence-corrected chi connectivity index (χ2v) is 12.9. The lowest BCUT2D eigenvalue weighted by Gasteiger charge is -2.22. The largest absolute Gasteiger partial charge is 0.459 e. The Bertz CT molecular complexity index is 1040. The van der Waals surface area contributed by atoms with Crippen LogP contribution in [-0.4, -0.2) is 18.1 Å². The standard InChI is InChI=1S/C25H31BrN2O3S2/c26-22-18(16-10-4-6-12-19(16)32-22)14-27-25(30)28-23-21(17-11-5-7-13-20(17)33-23)24(29)31-15-8-2-1-3-9-15/h15H,1-14H2,(H2,27,28,30). The van der Waals surface area contributed by atoms with Crippen LogP contribution in [0, 0.1) is 0 Å². The average molecular weight is 552 g/mol. The monoisotopic (exact) mass is 550 g/mol. The van der Waals surface area contributed by atoms with Crippen molar-refractivity contribution in [1.29, 1.82) is 0 Å². The third kappa shape index (κ3) is 5.17. The number of halogens is 1. The topological polar surface area (TPSA) is 67.4 Å². The van der Waals surface area contributed by atoms with Crippen molar-refractivity contribution in [3.63, 3.8) is 0 Å². The molecule has 1 saturated carbocycles. The maximum Gasteiger partial charge on any atom is 0.341 e. The normalized spacial score (nSPS) is 18.3. The van der Waals surface area contributed by atoms with Crippen molar-refractivity contribution in [2.45, 2.75) is 96.1 Å². The van der Waals surface area contributed by atoms with Crippen LogP contribution in [0.2, 0.25) is 0 Å². The van der Waals surface area contributed by atoms with E-state index >= 15 is 0 Å². The lowest BCUT2D eigenvalue weighted by Crippen LogP contribution is -2.29. The first-order valence-corrected chi connectivity index (χ1v) is 14.7. The number of carbonyl (C=O) groups excluding carboxylic acids is 2. The summed E-state index contributed by atoms with van der Waals surface area (Å²) in [5.74, 6) is -0.258. The lowest BCUT2D eigenvalue weighted by molar-refractivity contribution is 0.0211. The molecule has 3 aliphatic carbocycles. The SMILES string of the molecule is O=C(NCc1c(Br)sc2c1CCCC2)Nc1sc2c(c1C(=O)OC1CCCCC1)CCCC2. The molecule has 3 aliphatic rings. The number of esters is 1. The van der Waals surface area contributed by atoms with E-state index in [1.807, 2.05) is 0 Å². The number of hydrogen-bond donors (Lipinski definition) is 2. The van der Waals surface area contributed by atoms with E-state index in [2.05, 4.69) is 26.6 Å². The molecule has 2 aromatic heterocycles. The van der Waals surface area contributed by atoms with Gasteiger partial charge in [0.05, 0.1) is 9.35 Å². The van der Waals surface area contributed by atoms with Crippen LogP contribution in [0.4, 0.5) is 9.80 Å². The molecular weight excluding hydrogens is 520 g/mol. The van der Waals surface area contributed by atoms with Gasteiger partial charge in [0, 0.05) is 16.3 Å². The fourth-order valence-electron chi connectivity index (χ4n) is 5.35. The van der Waals surface area contributed by atoms with Crippen LogP contribution in [0.1, 0.15) is 94.6 Å². The van der Waals surface area contributed by atoms with Gasteiger partial charge in [-0.1, -0.05) is 6.42 Å². The quantitative estimate of drug-likeness (QED) is 0.388. The second-order valence-electron chi connectivity index (χ2n) is 9.35. The summed E-state index contributed by atoms with van der Waals surface area (Å²) < 4.78 is 7.04. The predicted molar refractivity (Wildman–Crippen MR) is 138 cm³/mol. The smallest absolute Gasteiger partial charge is 0.341 e. The zero-order chi connectivity index (χ0) is 22.8. The Hall–Kier alpha value is -1.38. The molecule has 2 heterocycles. The molecule has 0 radical (unpaired) electrons. The molecule has 0 unspecified atom stereocenters. The molecule has 0 aromatic carbocycles. The molecule has 178 valence electrons. The summed E-state index contributed by atoms with van der Waals surface area (Å²) in [4.78, 5) is 28.8. The van der Waals surface area contributed by atoms with E-state index < -0.39 is 0 Å². The number of thiophene rings is 2. The van der Waals surface area contributed by atoms with Crippen molar-refractivity contribution in [3.05, 3.63) is 35.8 Å². The maximum absolute atomic E-state index is 13.2. The third-order valence-electron chi connectivity index (χ3n) is 7.09. The molecule has 5 rings (SSSR count). The molecule has 8 heteroatoms. The first-order valence-electron chi connectivity index (χ1n) is 12.3. The minimum absolute atomic E-state index is 0.00850. The number of anilines is 1. The van der Waals surface area contributed by atoms with Gasteiger partial charge in [-0.25, -0.2) is 9.59 Å². The zero-order valence-corrected chi connectivity index (χ0v) is 22.1. The summed E-state index contributed by atoms with van der Waals surface area (Å²) in [6.45, 7) is 0.491. The summed E-state index contributed by atoms with van der Waals surface area (Å²) in [7, 11) is 0. The molecule has 0 saturated heterocycles. The Balaban J connectivity index is 1.29. The number of ether oxygens (including phenoxy) is 1. The van der Waals surface area contributed by atoms with Gasteiger partial charge in [-0.05, 0) is 110 Å². The van der Waals surface area contributed by atoms with E-state index in [9.17, 15) is 9.59 Å². The molecule has 0 atom stereocenters. The number of rotatable bonds is 5. The van der Waals surface area contributed by atoms with Crippen LogP contribution >= 0.6 is 38.6 Å². The summed E-state index contributed by atoms with van der Waals surface area (Å²) in [5, 5.41) is 6.68. The highest BCUT2D eigenvalue weighted by Gasteiger charge is 2.29. The Morgan fingerprint density at radius 3 is 2.30 bits per heavy atom. The number of carbonyl (C=O) groups is 2. The first kappa shape index (κ1) is 23.4. The van der Waals surface area contributed by atoms with Gasteiger partial charge in [0.15, 0.2) is 0 Å². The Labute approximate surface area is 211 Å². The number of aryl methyl sites for hydroxylation is 2. The highest BCUT2D eigenvalue weighted by atomic mass is 79.9. The van der Waals surface area contributed by atoms with Crippen molar-refractivity contribution in [2.24, 2.45) is 0 Å². The number of hydrogen-bond acceptors (Lipinski definition) is 5. The number of urea groups is 1. The molecule has 2 N–H and O–H groups in total. The van der Waals surface area contributed by atoms with Crippen molar-refractivity contribution in [1.82, 2.24) is 5.32 Å². The van der Waals surface area contributed by atoms with Gasteiger partial charge in [0.1, 0.15) is 11.1 Å². The molecule has 2 amide bonds. The van der Waals surface area contributed by atoms with Crippen LogP contribution in [0.25, 0.3) is 0 Å². The molecule has 2 aromatic rings. The Morgan fingerprint density at radius 1 is 0.879 bits per heavy atom. The van der Waals surface area contributed by atoms with E-state index in [-0.39, 0.29) is 18.1 Å². The summed E-state index contributed by atoms with van der Waals surface area (Å²) in [6, 6.07) is -0.261. The van der Waals surface area contributed by atoms with Crippen LogP contribution in [-0.2, 0) is 37.0 Å². The lowest BCUT2D eigenvalue weighted by atomic mass is 9.95. The number of amides is 2. The van der Waals surface area contributed by atoms with Crippen molar-refractivity contribution >= 4 is 55.6 Å². The number of nitrogens with one attached hydrogen (secondary N) is 2. The van der Waals surface area contributed by atoms with Gasteiger partial charge >= 0.3 is 12.0 Å². The molecule has 0 spiro atoms. The van der Waals surface area contributed by atoms with Gasteiger partial charge in [0.2, 0.25) is 0 Å². The highest BCUT2D eigenvalue weighted by molar-refractivity contribution is 9.11. The summed E-state index contributed by atoms with van der Waals surface area (Å²) in [6.07, 6.45) is 14.1. The highest BCUT2D eigenvalue weighted by Crippen LogP contribution is 2.40. The van der Waals surface area contributed by atoms with Crippen LogP contribution in [0.5, 0.6) is 0 Å². The van der Waals surface area contributed by atoms with Crippen LogP contribution in [0.3, 0.4) is 0 Å².